The summed E-state index contributed by atoms with van der Waals surface area (Å²) in [6, 6.07) is 4.25. The van der Waals surface area contributed by atoms with Crippen molar-refractivity contribution in [2.75, 3.05) is 6.61 Å². The third-order valence-electron chi connectivity index (χ3n) is 5.64. The van der Waals surface area contributed by atoms with Gasteiger partial charge < -0.3 is 4.74 Å². The average molecular weight is 416 g/mol. The Morgan fingerprint density at radius 3 is 1.93 bits per heavy atom. The SMILES string of the molecule is C=C(C)C(=O)OCCc1cc(CCCCCCCCCCCCCCCC)ccn1. The summed E-state index contributed by atoms with van der Waals surface area (Å²) in [6.07, 6.45) is 23.1. The van der Waals surface area contributed by atoms with Gasteiger partial charge in [0.1, 0.15) is 0 Å². The van der Waals surface area contributed by atoms with Crippen LogP contribution in [0.25, 0.3) is 0 Å². The lowest BCUT2D eigenvalue weighted by molar-refractivity contribution is -0.138. The second-order valence-corrected chi connectivity index (χ2v) is 8.67. The summed E-state index contributed by atoms with van der Waals surface area (Å²) in [5.74, 6) is -0.325. The Hall–Kier alpha value is -1.64. The van der Waals surface area contributed by atoms with Gasteiger partial charge in [-0.1, -0.05) is 97.0 Å². The van der Waals surface area contributed by atoms with Crippen LogP contribution in [0, 0.1) is 0 Å². The topological polar surface area (TPSA) is 39.2 Å². The van der Waals surface area contributed by atoms with Crippen molar-refractivity contribution >= 4 is 5.97 Å². The summed E-state index contributed by atoms with van der Waals surface area (Å²) < 4.78 is 5.16. The van der Waals surface area contributed by atoms with Gasteiger partial charge in [0.05, 0.1) is 6.61 Å². The lowest BCUT2D eigenvalue weighted by Gasteiger charge is -2.06. The van der Waals surface area contributed by atoms with E-state index in [2.05, 4.69) is 30.6 Å². The fourth-order valence-corrected chi connectivity index (χ4v) is 3.72. The van der Waals surface area contributed by atoms with Crippen LogP contribution in [-0.2, 0) is 22.4 Å². The van der Waals surface area contributed by atoms with Crippen LogP contribution in [0.2, 0.25) is 0 Å². The number of rotatable bonds is 19. The monoisotopic (exact) mass is 415 g/mol. The zero-order valence-electron chi connectivity index (χ0n) is 19.7. The number of carbonyl (C=O) groups excluding carboxylic acids is 1. The van der Waals surface area contributed by atoms with Gasteiger partial charge in [0, 0.05) is 23.9 Å². The third kappa shape index (κ3) is 14.4. The number of aromatic nitrogens is 1. The Bertz CT molecular complexity index is 582. The molecule has 0 aliphatic heterocycles. The number of aryl methyl sites for hydroxylation is 1. The maximum Gasteiger partial charge on any atom is 0.333 e. The number of carbonyl (C=O) groups is 1. The molecule has 0 aromatic carbocycles. The first-order valence-electron chi connectivity index (χ1n) is 12.4. The van der Waals surface area contributed by atoms with Gasteiger partial charge in [0.15, 0.2) is 0 Å². The van der Waals surface area contributed by atoms with E-state index < -0.39 is 0 Å². The smallest absolute Gasteiger partial charge is 0.333 e. The van der Waals surface area contributed by atoms with Gasteiger partial charge in [0.2, 0.25) is 0 Å². The highest BCUT2D eigenvalue weighted by Crippen LogP contribution is 2.14. The first-order valence-corrected chi connectivity index (χ1v) is 12.4. The summed E-state index contributed by atoms with van der Waals surface area (Å²) in [6.45, 7) is 7.90. The first kappa shape index (κ1) is 26.4. The van der Waals surface area contributed by atoms with Crippen LogP contribution in [0.5, 0.6) is 0 Å². The van der Waals surface area contributed by atoms with E-state index in [1.807, 2.05) is 6.20 Å². The molecule has 170 valence electrons. The average Bonchev–Trinajstić information content (AvgIpc) is 2.74. The van der Waals surface area contributed by atoms with Gasteiger partial charge in [-0.2, -0.15) is 0 Å². The number of unbranched alkanes of at least 4 members (excludes halogenated alkanes) is 13. The molecule has 1 aromatic heterocycles. The molecule has 0 saturated carbocycles. The number of nitrogens with zero attached hydrogens (tertiary/aromatic N) is 1. The van der Waals surface area contributed by atoms with Crippen LogP contribution in [0.15, 0.2) is 30.5 Å². The minimum atomic E-state index is -0.325. The second kappa shape index (κ2) is 18.2. The van der Waals surface area contributed by atoms with Gasteiger partial charge in [-0.25, -0.2) is 4.79 Å². The molecule has 0 atom stereocenters. The fourth-order valence-electron chi connectivity index (χ4n) is 3.72. The highest BCUT2D eigenvalue weighted by Gasteiger charge is 2.04. The summed E-state index contributed by atoms with van der Waals surface area (Å²) >= 11 is 0. The zero-order valence-corrected chi connectivity index (χ0v) is 19.7. The van der Waals surface area contributed by atoms with Crippen molar-refractivity contribution in [1.82, 2.24) is 4.98 Å². The second-order valence-electron chi connectivity index (χ2n) is 8.67. The van der Waals surface area contributed by atoms with E-state index in [9.17, 15) is 4.79 Å². The van der Waals surface area contributed by atoms with Gasteiger partial charge in [-0.05, 0) is 37.5 Å². The molecule has 3 nitrogen and oxygen atoms in total. The van der Waals surface area contributed by atoms with E-state index in [4.69, 9.17) is 4.74 Å². The van der Waals surface area contributed by atoms with Crippen LogP contribution in [0.1, 0.15) is 115 Å². The van der Waals surface area contributed by atoms with Gasteiger partial charge in [-0.15, -0.1) is 0 Å². The quantitative estimate of drug-likeness (QED) is 0.132. The number of hydrogen-bond acceptors (Lipinski definition) is 3. The molecule has 0 aliphatic carbocycles. The normalized spacial score (nSPS) is 10.9. The lowest BCUT2D eigenvalue weighted by Crippen LogP contribution is -2.08. The first-order chi connectivity index (χ1) is 14.6. The molecule has 0 amide bonds. The van der Waals surface area contributed by atoms with Crippen molar-refractivity contribution < 1.29 is 9.53 Å². The third-order valence-corrected chi connectivity index (χ3v) is 5.64. The highest BCUT2D eigenvalue weighted by molar-refractivity contribution is 5.86. The predicted octanol–water partition coefficient (Wildman–Crippen LogP) is 7.77. The molecule has 3 heteroatoms. The minimum Gasteiger partial charge on any atom is -0.462 e. The van der Waals surface area contributed by atoms with Crippen molar-refractivity contribution in [3.63, 3.8) is 0 Å². The number of pyridine rings is 1. The van der Waals surface area contributed by atoms with E-state index in [-0.39, 0.29) is 5.97 Å². The van der Waals surface area contributed by atoms with E-state index in [1.165, 1.54) is 95.5 Å². The van der Waals surface area contributed by atoms with Crippen LogP contribution >= 0.6 is 0 Å². The maximum absolute atomic E-state index is 11.4. The minimum absolute atomic E-state index is 0.325. The fraction of sp³-hybridized carbons (Fsp3) is 0.704. The molecule has 0 N–H and O–H groups in total. The molecule has 1 heterocycles. The molecule has 1 rings (SSSR count). The predicted molar refractivity (Wildman–Crippen MR) is 128 cm³/mol. The summed E-state index contributed by atoms with van der Waals surface area (Å²) in [4.78, 5) is 15.8. The van der Waals surface area contributed by atoms with Gasteiger partial charge in [0.25, 0.3) is 0 Å². The van der Waals surface area contributed by atoms with Crippen molar-refractivity contribution in [1.29, 1.82) is 0 Å². The summed E-state index contributed by atoms with van der Waals surface area (Å²) in [5.41, 5.74) is 2.77. The number of ether oxygens (including phenoxy) is 1. The molecule has 0 fully saturated rings. The Morgan fingerprint density at radius 1 is 0.867 bits per heavy atom. The Labute approximate surface area is 185 Å². The molecular formula is C27H45NO2. The maximum atomic E-state index is 11.4. The molecular weight excluding hydrogens is 370 g/mol. The number of hydrogen-bond donors (Lipinski definition) is 0. The van der Waals surface area contributed by atoms with E-state index >= 15 is 0 Å². The van der Waals surface area contributed by atoms with Crippen molar-refractivity contribution in [2.45, 2.75) is 117 Å². The zero-order chi connectivity index (χ0) is 21.9. The molecule has 0 aliphatic rings. The van der Waals surface area contributed by atoms with Crippen LogP contribution in [0.3, 0.4) is 0 Å². The highest BCUT2D eigenvalue weighted by atomic mass is 16.5. The van der Waals surface area contributed by atoms with E-state index in [1.54, 1.807) is 6.92 Å². The Balaban J connectivity index is 1.98. The Morgan fingerprint density at radius 2 is 1.40 bits per heavy atom. The summed E-state index contributed by atoms with van der Waals surface area (Å²) in [5, 5.41) is 0. The van der Waals surface area contributed by atoms with Crippen molar-refractivity contribution in [3.8, 4) is 0 Å². The molecule has 0 unspecified atom stereocenters. The number of esters is 1. The van der Waals surface area contributed by atoms with Crippen LogP contribution < -0.4 is 0 Å². The molecule has 1 aromatic rings. The molecule has 0 radical (unpaired) electrons. The largest absolute Gasteiger partial charge is 0.462 e. The van der Waals surface area contributed by atoms with Crippen LogP contribution in [0.4, 0.5) is 0 Å². The van der Waals surface area contributed by atoms with Crippen LogP contribution in [-0.4, -0.2) is 17.6 Å². The van der Waals surface area contributed by atoms with E-state index in [0.717, 1.165) is 12.1 Å². The molecule has 0 spiro atoms. The Kier molecular flexibility index (Phi) is 16.0. The standard InChI is InChI=1S/C27H45NO2/c1-4-5-6-7-8-9-10-11-12-13-14-15-16-17-18-25-19-21-28-26(23-25)20-22-30-27(29)24(2)3/h19,21,23H,2,4-18,20,22H2,1,3H3. The van der Waals surface area contributed by atoms with E-state index in [0.29, 0.717) is 18.6 Å². The molecule has 30 heavy (non-hydrogen) atoms. The molecule has 0 saturated heterocycles. The van der Waals surface area contributed by atoms with Gasteiger partial charge in [-0.3, -0.25) is 4.98 Å². The van der Waals surface area contributed by atoms with Gasteiger partial charge >= 0.3 is 5.97 Å². The lowest BCUT2D eigenvalue weighted by atomic mass is 10.0. The van der Waals surface area contributed by atoms with Crippen molar-refractivity contribution in [3.05, 3.63) is 41.7 Å². The summed E-state index contributed by atoms with van der Waals surface area (Å²) in [7, 11) is 0. The van der Waals surface area contributed by atoms with Crippen molar-refractivity contribution in [2.24, 2.45) is 0 Å². The molecule has 0 bridgehead atoms.